The highest BCUT2D eigenvalue weighted by Crippen LogP contribution is 2.27. The first-order chi connectivity index (χ1) is 15.0. The first-order valence-electron chi connectivity index (χ1n) is 10.4. The zero-order valence-corrected chi connectivity index (χ0v) is 17.7. The number of aliphatic carboxylic acids is 1. The Labute approximate surface area is 181 Å². The molecule has 0 saturated heterocycles. The van der Waals surface area contributed by atoms with Crippen molar-refractivity contribution in [1.29, 1.82) is 0 Å². The molecule has 7 heteroatoms. The van der Waals surface area contributed by atoms with E-state index in [4.69, 9.17) is 9.84 Å². The van der Waals surface area contributed by atoms with Crippen molar-refractivity contribution in [3.8, 4) is 11.4 Å². The third kappa shape index (κ3) is 6.18. The molecule has 3 rings (SSSR count). The number of hydrogen-bond acceptors (Lipinski definition) is 4. The SMILES string of the molecule is CCCC(Oc1ccc(-n2ccc(C)n2)cc1)c1ccc(C(=O)NCCC(=O)O)cc1. The topological polar surface area (TPSA) is 93.5 Å². The second-order valence-corrected chi connectivity index (χ2v) is 7.31. The van der Waals surface area contributed by atoms with Crippen molar-refractivity contribution in [3.05, 3.63) is 77.6 Å². The molecule has 1 atom stereocenters. The van der Waals surface area contributed by atoms with E-state index in [-0.39, 0.29) is 25.0 Å². The number of nitrogens with zero attached hydrogens (tertiary/aromatic N) is 2. The molecule has 3 aromatic rings. The smallest absolute Gasteiger partial charge is 0.305 e. The van der Waals surface area contributed by atoms with Gasteiger partial charge in [-0.15, -0.1) is 0 Å². The minimum Gasteiger partial charge on any atom is -0.486 e. The molecule has 1 heterocycles. The van der Waals surface area contributed by atoms with Crippen molar-refractivity contribution in [2.75, 3.05) is 6.54 Å². The van der Waals surface area contributed by atoms with Crippen LogP contribution in [0.5, 0.6) is 5.75 Å². The highest BCUT2D eigenvalue weighted by atomic mass is 16.5. The molecule has 0 radical (unpaired) electrons. The zero-order chi connectivity index (χ0) is 22.2. The summed E-state index contributed by atoms with van der Waals surface area (Å²) in [6.07, 6.45) is 3.48. The van der Waals surface area contributed by atoms with Gasteiger partial charge in [0.2, 0.25) is 0 Å². The molecule has 7 nitrogen and oxygen atoms in total. The number of carboxylic acids is 1. The van der Waals surface area contributed by atoms with Crippen LogP contribution in [0.15, 0.2) is 60.8 Å². The third-order valence-corrected chi connectivity index (χ3v) is 4.82. The van der Waals surface area contributed by atoms with Crippen LogP contribution in [0.3, 0.4) is 0 Å². The number of nitrogens with one attached hydrogen (secondary N) is 1. The van der Waals surface area contributed by atoms with Gasteiger partial charge in [-0.05, 0) is 61.4 Å². The normalized spacial score (nSPS) is 11.7. The van der Waals surface area contributed by atoms with Crippen molar-refractivity contribution in [1.82, 2.24) is 15.1 Å². The molecule has 162 valence electrons. The van der Waals surface area contributed by atoms with Gasteiger partial charge in [0, 0.05) is 18.3 Å². The number of rotatable bonds is 10. The molecular formula is C24H27N3O4. The quantitative estimate of drug-likeness (QED) is 0.509. The maximum atomic E-state index is 12.1. The highest BCUT2D eigenvalue weighted by molar-refractivity contribution is 5.94. The Morgan fingerprint density at radius 2 is 1.81 bits per heavy atom. The molecule has 2 aromatic carbocycles. The van der Waals surface area contributed by atoms with E-state index in [9.17, 15) is 9.59 Å². The first kappa shape index (κ1) is 22.1. The van der Waals surface area contributed by atoms with E-state index >= 15 is 0 Å². The van der Waals surface area contributed by atoms with Gasteiger partial charge in [-0.2, -0.15) is 5.10 Å². The summed E-state index contributed by atoms with van der Waals surface area (Å²) in [7, 11) is 0. The highest BCUT2D eigenvalue weighted by Gasteiger charge is 2.14. The lowest BCUT2D eigenvalue weighted by atomic mass is 10.0. The van der Waals surface area contributed by atoms with Crippen molar-refractivity contribution in [3.63, 3.8) is 0 Å². The molecule has 1 amide bonds. The zero-order valence-electron chi connectivity index (χ0n) is 17.7. The summed E-state index contributed by atoms with van der Waals surface area (Å²) in [6.45, 7) is 4.16. The van der Waals surface area contributed by atoms with E-state index < -0.39 is 5.97 Å². The molecule has 0 aliphatic heterocycles. The number of amides is 1. The van der Waals surface area contributed by atoms with Crippen LogP contribution in [0, 0.1) is 6.92 Å². The van der Waals surface area contributed by atoms with Gasteiger partial charge < -0.3 is 15.2 Å². The molecule has 0 aliphatic carbocycles. The summed E-state index contributed by atoms with van der Waals surface area (Å²) >= 11 is 0. The van der Waals surface area contributed by atoms with Gasteiger partial charge in [-0.25, -0.2) is 4.68 Å². The fraction of sp³-hybridized carbons (Fsp3) is 0.292. The van der Waals surface area contributed by atoms with Crippen LogP contribution >= 0.6 is 0 Å². The van der Waals surface area contributed by atoms with E-state index in [0.717, 1.165) is 35.5 Å². The average Bonchev–Trinajstić information content (AvgIpc) is 3.20. The molecule has 0 saturated carbocycles. The molecule has 0 spiro atoms. The van der Waals surface area contributed by atoms with Crippen molar-refractivity contribution < 1.29 is 19.4 Å². The number of carbonyl (C=O) groups is 2. The number of carbonyl (C=O) groups excluding carboxylic acids is 1. The van der Waals surface area contributed by atoms with Crippen LogP contribution in [0.4, 0.5) is 0 Å². The van der Waals surface area contributed by atoms with Crippen molar-refractivity contribution in [2.45, 2.75) is 39.2 Å². The molecule has 31 heavy (non-hydrogen) atoms. The maximum Gasteiger partial charge on any atom is 0.305 e. The van der Waals surface area contributed by atoms with Gasteiger partial charge in [0.1, 0.15) is 11.9 Å². The largest absolute Gasteiger partial charge is 0.486 e. The predicted octanol–water partition coefficient (Wildman–Crippen LogP) is 4.31. The second kappa shape index (κ2) is 10.4. The summed E-state index contributed by atoms with van der Waals surface area (Å²) in [5.74, 6) is -0.463. The lowest BCUT2D eigenvalue weighted by Gasteiger charge is -2.19. The van der Waals surface area contributed by atoms with E-state index in [1.807, 2.05) is 60.3 Å². The van der Waals surface area contributed by atoms with Gasteiger partial charge >= 0.3 is 5.97 Å². The summed E-state index contributed by atoms with van der Waals surface area (Å²) in [5, 5.41) is 15.7. The lowest BCUT2D eigenvalue weighted by molar-refractivity contribution is -0.136. The van der Waals surface area contributed by atoms with E-state index in [2.05, 4.69) is 17.3 Å². The molecule has 2 N–H and O–H groups in total. The third-order valence-electron chi connectivity index (χ3n) is 4.82. The van der Waals surface area contributed by atoms with Gasteiger partial charge in [0.05, 0.1) is 17.8 Å². The number of aryl methyl sites for hydroxylation is 1. The predicted molar refractivity (Wildman–Crippen MR) is 118 cm³/mol. The minimum atomic E-state index is -0.942. The average molecular weight is 421 g/mol. The van der Waals surface area contributed by atoms with Gasteiger partial charge in [-0.1, -0.05) is 25.5 Å². The van der Waals surface area contributed by atoms with Crippen LogP contribution in [-0.4, -0.2) is 33.3 Å². The molecular weight excluding hydrogens is 394 g/mol. The molecule has 1 aromatic heterocycles. The van der Waals surface area contributed by atoms with Crippen LogP contribution < -0.4 is 10.1 Å². The molecule has 0 aliphatic rings. The summed E-state index contributed by atoms with van der Waals surface area (Å²) in [4.78, 5) is 22.7. The van der Waals surface area contributed by atoms with Gasteiger partial charge in [0.15, 0.2) is 0 Å². The van der Waals surface area contributed by atoms with Crippen molar-refractivity contribution in [2.24, 2.45) is 0 Å². The van der Waals surface area contributed by atoms with E-state index in [1.54, 1.807) is 12.1 Å². The standard InChI is InChI=1S/C24H27N3O4/c1-3-4-22(18-5-7-19(8-6-18)24(30)25-15-13-23(28)29)31-21-11-9-20(10-12-21)27-16-14-17(2)26-27/h5-12,14,16,22H,3-4,13,15H2,1-2H3,(H,25,30)(H,28,29). The Bertz CT molecular complexity index is 1010. The van der Waals surface area contributed by atoms with E-state index in [1.165, 1.54) is 0 Å². The number of aromatic nitrogens is 2. The number of ether oxygens (including phenoxy) is 1. The van der Waals surface area contributed by atoms with Gasteiger partial charge in [-0.3, -0.25) is 9.59 Å². The minimum absolute atomic E-state index is 0.102. The number of benzene rings is 2. The van der Waals surface area contributed by atoms with E-state index in [0.29, 0.717) is 5.56 Å². The van der Waals surface area contributed by atoms with Crippen molar-refractivity contribution >= 4 is 11.9 Å². The number of carboxylic acid groups (broad SMARTS) is 1. The maximum absolute atomic E-state index is 12.1. The fourth-order valence-corrected chi connectivity index (χ4v) is 3.19. The monoisotopic (exact) mass is 421 g/mol. The summed E-state index contributed by atoms with van der Waals surface area (Å²) < 4.78 is 8.06. The Hall–Kier alpha value is -3.61. The Morgan fingerprint density at radius 1 is 1.10 bits per heavy atom. The Kier molecular flexibility index (Phi) is 7.43. The molecule has 0 fully saturated rings. The summed E-state index contributed by atoms with van der Waals surface area (Å²) in [6, 6.07) is 17.0. The second-order valence-electron chi connectivity index (χ2n) is 7.31. The fourth-order valence-electron chi connectivity index (χ4n) is 3.19. The lowest BCUT2D eigenvalue weighted by Crippen LogP contribution is -2.26. The molecule has 0 bridgehead atoms. The Morgan fingerprint density at radius 3 is 2.39 bits per heavy atom. The number of hydrogen-bond donors (Lipinski definition) is 2. The summed E-state index contributed by atoms with van der Waals surface area (Å²) in [5.41, 5.74) is 3.40. The first-order valence-corrected chi connectivity index (χ1v) is 10.4. The Balaban J connectivity index is 1.66. The van der Waals surface area contributed by atoms with Gasteiger partial charge in [0.25, 0.3) is 5.91 Å². The van der Waals surface area contributed by atoms with Crippen LogP contribution in [0.25, 0.3) is 5.69 Å². The van der Waals surface area contributed by atoms with Crippen LogP contribution in [0.2, 0.25) is 0 Å². The molecule has 1 unspecified atom stereocenters. The van der Waals surface area contributed by atoms with Crippen LogP contribution in [-0.2, 0) is 4.79 Å². The van der Waals surface area contributed by atoms with Crippen LogP contribution in [0.1, 0.15) is 53.9 Å².